The molecule has 2 aliphatic rings. The molecule has 2 aliphatic heterocycles. The van der Waals surface area contributed by atoms with E-state index in [1.165, 1.54) is 14.7 Å². The van der Waals surface area contributed by atoms with Crippen LogP contribution in [-0.2, 0) is 27.8 Å². The predicted molar refractivity (Wildman–Crippen MR) is 109 cm³/mol. The molecule has 0 spiro atoms. The third-order valence-corrected chi connectivity index (χ3v) is 8.74. The second-order valence-electron chi connectivity index (χ2n) is 7.03. The van der Waals surface area contributed by atoms with E-state index < -0.39 is 10.0 Å². The van der Waals surface area contributed by atoms with Crippen molar-refractivity contribution in [1.82, 2.24) is 9.21 Å². The molecule has 1 amide bonds. The largest absolute Gasteiger partial charge is 0.338 e. The number of thiophene rings is 1. The quantitative estimate of drug-likeness (QED) is 0.692. The molecule has 144 valence electrons. The van der Waals surface area contributed by atoms with E-state index in [2.05, 4.69) is 27.4 Å². The predicted octanol–water partition coefficient (Wildman–Crippen LogP) is 3.50. The van der Waals surface area contributed by atoms with Gasteiger partial charge in [-0.15, -0.1) is 11.3 Å². The van der Waals surface area contributed by atoms with Gasteiger partial charge in [-0.3, -0.25) is 4.79 Å². The number of carbonyl (C=O) groups is 1. The highest BCUT2D eigenvalue weighted by Crippen LogP contribution is 2.29. The standard InChI is InChI=1S/C19H21BrN2O3S2/c20-16-3-5-17(6-4-16)27(24,25)22-9-1-2-15(13-22)19(23)21-10-7-18-14(12-21)8-11-26-18/h3-6,8,11,15H,1-2,7,9-10,12-13H2. The molecule has 5 nitrogen and oxygen atoms in total. The molecule has 2 aromatic rings. The smallest absolute Gasteiger partial charge is 0.243 e. The number of carbonyl (C=O) groups excluding carboxylic acids is 1. The van der Waals surface area contributed by atoms with E-state index in [0.29, 0.717) is 19.5 Å². The Hall–Kier alpha value is -1.22. The highest BCUT2D eigenvalue weighted by atomic mass is 79.9. The first-order chi connectivity index (χ1) is 12.9. The monoisotopic (exact) mass is 468 g/mol. The number of rotatable bonds is 3. The summed E-state index contributed by atoms with van der Waals surface area (Å²) in [4.78, 5) is 16.6. The van der Waals surface area contributed by atoms with Gasteiger partial charge in [-0.2, -0.15) is 4.31 Å². The SMILES string of the molecule is O=C(C1CCCN(S(=O)(=O)c2ccc(Br)cc2)C1)N1CCc2sccc2C1. The van der Waals surface area contributed by atoms with Crippen LogP contribution in [0.2, 0.25) is 0 Å². The molecule has 0 N–H and O–H groups in total. The fraction of sp³-hybridized carbons (Fsp3) is 0.421. The highest BCUT2D eigenvalue weighted by molar-refractivity contribution is 9.10. The summed E-state index contributed by atoms with van der Waals surface area (Å²) in [6.07, 6.45) is 2.36. The number of hydrogen-bond donors (Lipinski definition) is 0. The molecule has 1 fully saturated rings. The number of fused-ring (bicyclic) bond motifs is 1. The van der Waals surface area contributed by atoms with Crippen molar-refractivity contribution in [2.75, 3.05) is 19.6 Å². The van der Waals surface area contributed by atoms with Gasteiger partial charge in [0.1, 0.15) is 0 Å². The van der Waals surface area contributed by atoms with E-state index in [9.17, 15) is 13.2 Å². The summed E-state index contributed by atoms with van der Waals surface area (Å²) in [7, 11) is -3.57. The van der Waals surface area contributed by atoms with Gasteiger partial charge in [0.05, 0.1) is 10.8 Å². The Morgan fingerprint density at radius 2 is 1.93 bits per heavy atom. The van der Waals surface area contributed by atoms with Crippen LogP contribution in [0.1, 0.15) is 23.3 Å². The lowest BCUT2D eigenvalue weighted by molar-refractivity contribution is -0.137. The molecule has 0 saturated carbocycles. The van der Waals surface area contributed by atoms with E-state index in [1.54, 1.807) is 35.6 Å². The molecule has 1 saturated heterocycles. The minimum absolute atomic E-state index is 0.0857. The molecule has 1 unspecified atom stereocenters. The minimum atomic E-state index is -3.57. The molecule has 4 rings (SSSR count). The summed E-state index contributed by atoms with van der Waals surface area (Å²) in [5.41, 5.74) is 1.23. The normalized spacial score (nSPS) is 21.1. The van der Waals surface area contributed by atoms with Gasteiger partial charge >= 0.3 is 0 Å². The maximum atomic E-state index is 13.0. The molecular weight excluding hydrogens is 448 g/mol. The van der Waals surface area contributed by atoms with Crippen molar-refractivity contribution < 1.29 is 13.2 Å². The Kier molecular flexibility index (Phi) is 5.42. The average Bonchev–Trinajstić information content (AvgIpc) is 3.15. The second-order valence-corrected chi connectivity index (χ2v) is 10.9. The van der Waals surface area contributed by atoms with Gasteiger partial charge in [0.15, 0.2) is 0 Å². The molecule has 3 heterocycles. The zero-order valence-electron chi connectivity index (χ0n) is 14.8. The Morgan fingerprint density at radius 3 is 2.70 bits per heavy atom. The molecule has 1 aromatic heterocycles. The number of halogens is 1. The maximum Gasteiger partial charge on any atom is 0.243 e. The highest BCUT2D eigenvalue weighted by Gasteiger charge is 2.35. The van der Waals surface area contributed by atoms with Crippen molar-refractivity contribution in [3.05, 3.63) is 50.6 Å². The maximum absolute atomic E-state index is 13.0. The van der Waals surface area contributed by atoms with E-state index in [4.69, 9.17) is 0 Å². The van der Waals surface area contributed by atoms with Crippen molar-refractivity contribution in [2.24, 2.45) is 5.92 Å². The van der Waals surface area contributed by atoms with Crippen LogP contribution in [0.15, 0.2) is 45.1 Å². The lowest BCUT2D eigenvalue weighted by Gasteiger charge is -2.35. The molecule has 0 radical (unpaired) electrons. The summed E-state index contributed by atoms with van der Waals surface area (Å²) in [5.74, 6) is -0.174. The van der Waals surface area contributed by atoms with Gasteiger partial charge in [0.2, 0.25) is 15.9 Å². The van der Waals surface area contributed by atoms with Crippen LogP contribution < -0.4 is 0 Å². The fourth-order valence-electron chi connectivity index (χ4n) is 3.81. The third kappa shape index (κ3) is 3.85. The van der Waals surface area contributed by atoms with E-state index >= 15 is 0 Å². The summed E-state index contributed by atoms with van der Waals surface area (Å²) in [6, 6.07) is 8.75. The van der Waals surface area contributed by atoms with Gasteiger partial charge in [-0.1, -0.05) is 15.9 Å². The van der Waals surface area contributed by atoms with Crippen LogP contribution in [0.25, 0.3) is 0 Å². The molecular formula is C19H21BrN2O3S2. The third-order valence-electron chi connectivity index (χ3n) is 5.30. The lowest BCUT2D eigenvalue weighted by atomic mass is 9.97. The number of sulfonamides is 1. The fourth-order valence-corrected chi connectivity index (χ4v) is 6.49. The van der Waals surface area contributed by atoms with Crippen LogP contribution in [0.5, 0.6) is 0 Å². The molecule has 8 heteroatoms. The van der Waals surface area contributed by atoms with Crippen LogP contribution in [0.4, 0.5) is 0 Å². The van der Waals surface area contributed by atoms with Crippen molar-refractivity contribution in [1.29, 1.82) is 0 Å². The Bertz CT molecular complexity index is 940. The van der Waals surface area contributed by atoms with E-state index in [1.807, 2.05) is 4.90 Å². The summed E-state index contributed by atoms with van der Waals surface area (Å²) in [5, 5.41) is 2.08. The van der Waals surface area contributed by atoms with Gasteiger partial charge in [-0.25, -0.2) is 8.42 Å². The lowest BCUT2D eigenvalue weighted by Crippen LogP contribution is -2.47. The van der Waals surface area contributed by atoms with E-state index in [0.717, 1.165) is 23.9 Å². The Labute approximate surface area is 172 Å². The Morgan fingerprint density at radius 1 is 1.15 bits per heavy atom. The summed E-state index contributed by atoms with van der Waals surface area (Å²) < 4.78 is 28.2. The van der Waals surface area contributed by atoms with E-state index in [-0.39, 0.29) is 23.3 Å². The average molecular weight is 469 g/mol. The summed E-state index contributed by atoms with van der Waals surface area (Å²) in [6.45, 7) is 2.11. The number of piperidine rings is 1. The first kappa shape index (κ1) is 19.1. The van der Waals surface area contributed by atoms with Crippen LogP contribution >= 0.6 is 27.3 Å². The topological polar surface area (TPSA) is 57.7 Å². The Balaban J connectivity index is 1.48. The number of amides is 1. The van der Waals surface area contributed by atoms with Crippen LogP contribution in [0, 0.1) is 5.92 Å². The molecule has 27 heavy (non-hydrogen) atoms. The first-order valence-corrected chi connectivity index (χ1v) is 12.2. The minimum Gasteiger partial charge on any atom is -0.338 e. The van der Waals surface area contributed by atoms with Gasteiger partial charge in [-0.05, 0) is 60.5 Å². The zero-order valence-corrected chi connectivity index (χ0v) is 18.0. The van der Waals surface area contributed by atoms with Gasteiger partial charge < -0.3 is 4.90 Å². The zero-order chi connectivity index (χ0) is 19.0. The molecule has 0 bridgehead atoms. The van der Waals surface area contributed by atoms with Crippen LogP contribution in [0.3, 0.4) is 0 Å². The number of benzene rings is 1. The van der Waals surface area contributed by atoms with Crippen LogP contribution in [-0.4, -0.2) is 43.2 Å². The summed E-state index contributed by atoms with van der Waals surface area (Å²) >= 11 is 5.08. The number of nitrogens with zero attached hydrogens (tertiary/aromatic N) is 2. The van der Waals surface area contributed by atoms with Crippen molar-refractivity contribution in [3.63, 3.8) is 0 Å². The number of hydrogen-bond acceptors (Lipinski definition) is 4. The first-order valence-electron chi connectivity index (χ1n) is 9.05. The van der Waals surface area contributed by atoms with Crippen molar-refractivity contribution in [2.45, 2.75) is 30.7 Å². The van der Waals surface area contributed by atoms with Gasteiger partial charge in [0, 0.05) is 35.5 Å². The van der Waals surface area contributed by atoms with Gasteiger partial charge in [0.25, 0.3) is 0 Å². The molecule has 0 aliphatic carbocycles. The molecule has 1 aromatic carbocycles. The van der Waals surface area contributed by atoms with Crippen molar-refractivity contribution >= 4 is 43.2 Å². The van der Waals surface area contributed by atoms with Crippen molar-refractivity contribution in [3.8, 4) is 0 Å². The second kappa shape index (κ2) is 7.66. The molecule has 1 atom stereocenters.